The lowest BCUT2D eigenvalue weighted by Crippen LogP contribution is -2.22. The van der Waals surface area contributed by atoms with Gasteiger partial charge in [-0.2, -0.15) is 12.6 Å². The fraction of sp³-hybridized carbons (Fsp3) is 1.00. The SMILES string of the molecule is CCCCCCCCCCCC(S)C(O)CCO. The molecule has 0 aliphatic heterocycles. The fourth-order valence-corrected chi connectivity index (χ4v) is 2.51. The van der Waals surface area contributed by atoms with E-state index in [0.717, 1.165) is 12.8 Å². The molecule has 0 amide bonds. The minimum atomic E-state index is -0.452. The van der Waals surface area contributed by atoms with Crippen LogP contribution in [0.5, 0.6) is 0 Å². The van der Waals surface area contributed by atoms with E-state index in [0.29, 0.717) is 6.42 Å². The topological polar surface area (TPSA) is 40.5 Å². The van der Waals surface area contributed by atoms with Crippen molar-refractivity contribution in [2.75, 3.05) is 6.61 Å². The van der Waals surface area contributed by atoms with Crippen LogP contribution in [0.3, 0.4) is 0 Å². The summed E-state index contributed by atoms with van der Waals surface area (Å²) in [7, 11) is 0. The summed E-state index contributed by atoms with van der Waals surface area (Å²) in [5, 5.41) is 18.4. The Labute approximate surface area is 119 Å². The standard InChI is InChI=1S/C15H32O2S/c1-2-3-4-5-6-7-8-9-10-11-15(18)14(17)12-13-16/h14-18H,2-13H2,1H3. The summed E-state index contributed by atoms with van der Waals surface area (Å²) in [6.07, 6.45) is 12.9. The van der Waals surface area contributed by atoms with E-state index < -0.39 is 6.10 Å². The molecule has 0 heterocycles. The van der Waals surface area contributed by atoms with Crippen LogP contribution in [0.4, 0.5) is 0 Å². The molecule has 3 heteroatoms. The molecule has 18 heavy (non-hydrogen) atoms. The van der Waals surface area contributed by atoms with E-state index in [4.69, 9.17) is 5.11 Å². The maximum absolute atomic E-state index is 9.60. The van der Waals surface area contributed by atoms with Crippen molar-refractivity contribution in [3.05, 3.63) is 0 Å². The van der Waals surface area contributed by atoms with Crippen LogP contribution in [-0.4, -0.2) is 28.2 Å². The molecule has 0 spiro atoms. The summed E-state index contributed by atoms with van der Waals surface area (Å²) in [5.41, 5.74) is 0. The third-order valence-electron chi connectivity index (χ3n) is 3.47. The molecule has 0 rings (SSSR count). The first-order valence-corrected chi connectivity index (χ1v) is 8.21. The Hall–Kier alpha value is 0.270. The van der Waals surface area contributed by atoms with Crippen molar-refractivity contribution < 1.29 is 10.2 Å². The van der Waals surface area contributed by atoms with Crippen molar-refractivity contribution in [1.82, 2.24) is 0 Å². The van der Waals surface area contributed by atoms with E-state index in [-0.39, 0.29) is 11.9 Å². The van der Waals surface area contributed by atoms with Gasteiger partial charge in [0, 0.05) is 11.9 Å². The highest BCUT2D eigenvalue weighted by atomic mass is 32.1. The molecule has 2 nitrogen and oxygen atoms in total. The number of unbranched alkanes of at least 4 members (excludes halogenated alkanes) is 8. The molecule has 2 N–H and O–H groups in total. The van der Waals surface area contributed by atoms with E-state index in [1.807, 2.05) is 0 Å². The third-order valence-corrected chi connectivity index (χ3v) is 4.07. The van der Waals surface area contributed by atoms with Crippen LogP contribution >= 0.6 is 12.6 Å². The molecule has 110 valence electrons. The molecule has 0 aromatic rings. The van der Waals surface area contributed by atoms with E-state index in [1.165, 1.54) is 51.4 Å². The van der Waals surface area contributed by atoms with Crippen LogP contribution in [0.1, 0.15) is 77.6 Å². The summed E-state index contributed by atoms with van der Waals surface area (Å²) in [6, 6.07) is 0. The summed E-state index contributed by atoms with van der Waals surface area (Å²) in [6.45, 7) is 2.30. The van der Waals surface area contributed by atoms with Gasteiger partial charge in [0.05, 0.1) is 6.10 Å². The van der Waals surface area contributed by atoms with Crippen molar-refractivity contribution in [3.63, 3.8) is 0 Å². The van der Waals surface area contributed by atoms with Crippen LogP contribution in [0.25, 0.3) is 0 Å². The molecule has 0 fully saturated rings. The lowest BCUT2D eigenvalue weighted by atomic mass is 10.0. The molecular formula is C15H32O2S. The summed E-state index contributed by atoms with van der Waals surface area (Å²) >= 11 is 4.38. The predicted molar refractivity (Wildman–Crippen MR) is 82.3 cm³/mol. The zero-order chi connectivity index (χ0) is 13.6. The predicted octanol–water partition coefficient (Wildman–Crippen LogP) is 3.95. The average molecular weight is 276 g/mol. The number of hydrogen-bond donors (Lipinski definition) is 3. The molecule has 0 aliphatic carbocycles. The normalized spacial score (nSPS) is 14.7. The number of thiol groups is 1. The van der Waals surface area contributed by atoms with Crippen LogP contribution in [0, 0.1) is 0 Å². The zero-order valence-corrected chi connectivity index (χ0v) is 12.9. The van der Waals surface area contributed by atoms with Gasteiger partial charge in [-0.3, -0.25) is 0 Å². The van der Waals surface area contributed by atoms with Crippen LogP contribution in [-0.2, 0) is 0 Å². The van der Waals surface area contributed by atoms with Crippen LogP contribution in [0.15, 0.2) is 0 Å². The Balaban J connectivity index is 3.19. The van der Waals surface area contributed by atoms with E-state index in [1.54, 1.807) is 0 Å². The first-order valence-electron chi connectivity index (χ1n) is 7.69. The van der Waals surface area contributed by atoms with Gasteiger partial charge < -0.3 is 10.2 Å². The minimum Gasteiger partial charge on any atom is -0.396 e. The first-order chi connectivity index (χ1) is 8.72. The van der Waals surface area contributed by atoms with Crippen molar-refractivity contribution >= 4 is 12.6 Å². The minimum absolute atomic E-state index is 0.0294. The molecule has 0 aromatic heterocycles. The van der Waals surface area contributed by atoms with E-state index in [2.05, 4.69) is 19.6 Å². The number of rotatable bonds is 13. The molecule has 0 bridgehead atoms. The van der Waals surface area contributed by atoms with Gasteiger partial charge in [-0.05, 0) is 12.8 Å². The van der Waals surface area contributed by atoms with Crippen molar-refractivity contribution in [1.29, 1.82) is 0 Å². The van der Waals surface area contributed by atoms with Gasteiger partial charge >= 0.3 is 0 Å². The van der Waals surface area contributed by atoms with Gasteiger partial charge in [0.1, 0.15) is 0 Å². The van der Waals surface area contributed by atoms with Crippen LogP contribution < -0.4 is 0 Å². The monoisotopic (exact) mass is 276 g/mol. The van der Waals surface area contributed by atoms with Gasteiger partial charge in [-0.15, -0.1) is 0 Å². The van der Waals surface area contributed by atoms with E-state index >= 15 is 0 Å². The van der Waals surface area contributed by atoms with Gasteiger partial charge in [-0.25, -0.2) is 0 Å². The van der Waals surface area contributed by atoms with Gasteiger partial charge in [-0.1, -0.05) is 64.7 Å². The van der Waals surface area contributed by atoms with Gasteiger partial charge in [0.2, 0.25) is 0 Å². The van der Waals surface area contributed by atoms with E-state index in [9.17, 15) is 5.11 Å². The van der Waals surface area contributed by atoms with Crippen molar-refractivity contribution in [3.8, 4) is 0 Å². The molecule has 2 atom stereocenters. The Morgan fingerprint density at radius 2 is 1.33 bits per heavy atom. The molecule has 0 radical (unpaired) electrons. The average Bonchev–Trinajstić information content (AvgIpc) is 2.36. The molecule has 0 aromatic carbocycles. The van der Waals surface area contributed by atoms with Gasteiger partial charge in [0.25, 0.3) is 0 Å². The van der Waals surface area contributed by atoms with Gasteiger partial charge in [0.15, 0.2) is 0 Å². The molecule has 0 aliphatic rings. The number of aliphatic hydroxyl groups is 2. The number of aliphatic hydroxyl groups excluding tert-OH is 2. The smallest absolute Gasteiger partial charge is 0.0678 e. The Morgan fingerprint density at radius 1 is 0.833 bits per heavy atom. The Morgan fingerprint density at radius 3 is 1.83 bits per heavy atom. The number of hydrogen-bond acceptors (Lipinski definition) is 3. The second-order valence-corrected chi connectivity index (χ2v) is 5.93. The highest BCUT2D eigenvalue weighted by Gasteiger charge is 2.13. The zero-order valence-electron chi connectivity index (χ0n) is 12.0. The largest absolute Gasteiger partial charge is 0.396 e. The molecular weight excluding hydrogens is 244 g/mol. The maximum atomic E-state index is 9.60. The second kappa shape index (κ2) is 13.7. The molecule has 2 unspecified atom stereocenters. The highest BCUT2D eigenvalue weighted by Crippen LogP contribution is 2.16. The third kappa shape index (κ3) is 11.4. The lowest BCUT2D eigenvalue weighted by molar-refractivity contribution is 0.128. The lowest BCUT2D eigenvalue weighted by Gasteiger charge is -2.16. The van der Waals surface area contributed by atoms with Crippen LogP contribution in [0.2, 0.25) is 0 Å². The first kappa shape index (κ1) is 18.3. The van der Waals surface area contributed by atoms with Crippen molar-refractivity contribution in [2.45, 2.75) is 88.9 Å². The maximum Gasteiger partial charge on any atom is 0.0678 e. The quantitative estimate of drug-likeness (QED) is 0.352. The molecule has 0 saturated heterocycles. The highest BCUT2D eigenvalue weighted by molar-refractivity contribution is 7.81. The Kier molecular flexibility index (Phi) is 13.9. The Bertz CT molecular complexity index is 165. The summed E-state index contributed by atoms with van der Waals surface area (Å²) < 4.78 is 0. The summed E-state index contributed by atoms with van der Waals surface area (Å²) in [4.78, 5) is 0. The molecule has 0 saturated carbocycles. The van der Waals surface area contributed by atoms with Crippen molar-refractivity contribution in [2.24, 2.45) is 0 Å². The summed E-state index contributed by atoms with van der Waals surface area (Å²) in [5.74, 6) is 0. The second-order valence-electron chi connectivity index (χ2n) is 5.26. The fourth-order valence-electron chi connectivity index (χ4n) is 2.18.